The second-order valence-corrected chi connectivity index (χ2v) is 6.66. The summed E-state index contributed by atoms with van der Waals surface area (Å²) < 4.78 is 12.9. The van der Waals surface area contributed by atoms with Crippen LogP contribution in [0.3, 0.4) is 0 Å². The first-order valence-corrected chi connectivity index (χ1v) is 8.98. The highest BCUT2D eigenvalue weighted by atomic mass is 19.1. The molecule has 0 aliphatic heterocycles. The molecular weight excluding hydrogens is 331 g/mol. The number of carbonyl (C=O) groups excluding carboxylic acids is 2. The lowest BCUT2D eigenvalue weighted by Crippen LogP contribution is -2.29. The minimum atomic E-state index is -0.269. The Labute approximate surface area is 152 Å². The molecule has 0 heterocycles. The van der Waals surface area contributed by atoms with Crippen LogP contribution in [0.5, 0.6) is 0 Å². The van der Waals surface area contributed by atoms with Crippen LogP contribution in [0.4, 0.5) is 10.1 Å². The third-order valence-corrected chi connectivity index (χ3v) is 4.72. The summed E-state index contributed by atoms with van der Waals surface area (Å²) in [4.78, 5) is 24.4. The monoisotopic (exact) mass is 354 g/mol. The highest BCUT2D eigenvalue weighted by Gasteiger charge is 2.47. The fourth-order valence-electron chi connectivity index (χ4n) is 2.95. The van der Waals surface area contributed by atoms with E-state index in [-0.39, 0.29) is 29.5 Å². The molecule has 0 aromatic heterocycles. The zero-order valence-electron chi connectivity index (χ0n) is 14.8. The van der Waals surface area contributed by atoms with Crippen LogP contribution in [0.1, 0.15) is 24.5 Å². The largest absolute Gasteiger partial charge is 0.356 e. The van der Waals surface area contributed by atoms with Crippen LogP contribution in [0.25, 0.3) is 0 Å². The Morgan fingerprint density at radius 3 is 2.23 bits per heavy atom. The lowest BCUT2D eigenvalue weighted by Gasteiger charge is -2.07. The highest BCUT2D eigenvalue weighted by molar-refractivity contribution is 5.99. The van der Waals surface area contributed by atoms with E-state index in [9.17, 15) is 14.0 Å². The molecule has 1 aliphatic carbocycles. The Hall–Kier alpha value is -2.69. The van der Waals surface area contributed by atoms with Gasteiger partial charge in [0.15, 0.2) is 0 Å². The van der Waals surface area contributed by atoms with E-state index in [1.807, 2.05) is 24.3 Å². The van der Waals surface area contributed by atoms with Gasteiger partial charge in [-0.2, -0.15) is 0 Å². The molecule has 136 valence electrons. The molecule has 0 radical (unpaired) electrons. The van der Waals surface area contributed by atoms with E-state index in [1.165, 1.54) is 17.7 Å². The molecule has 1 fully saturated rings. The van der Waals surface area contributed by atoms with Gasteiger partial charge in [0.2, 0.25) is 11.8 Å². The third kappa shape index (κ3) is 4.69. The lowest BCUT2D eigenvalue weighted by molar-refractivity contribution is -0.125. The van der Waals surface area contributed by atoms with E-state index in [1.54, 1.807) is 12.1 Å². The number of hydrogen-bond acceptors (Lipinski definition) is 2. The summed E-state index contributed by atoms with van der Waals surface area (Å²) in [6.07, 6.45) is 2.18. The Morgan fingerprint density at radius 2 is 1.58 bits per heavy atom. The van der Waals surface area contributed by atoms with Crippen molar-refractivity contribution >= 4 is 17.5 Å². The van der Waals surface area contributed by atoms with E-state index < -0.39 is 0 Å². The molecule has 2 unspecified atom stereocenters. The normalized spacial score (nSPS) is 18.2. The first-order chi connectivity index (χ1) is 12.6. The summed E-state index contributed by atoms with van der Waals surface area (Å²) in [7, 11) is 0. The second kappa shape index (κ2) is 8.13. The Kier molecular flexibility index (Phi) is 5.66. The Bertz CT molecular complexity index is 772. The standard InChI is InChI=1S/C21H23FN2O2/c1-2-14-5-9-17(10-6-14)24-21(26)19-13-18(19)20(25)23-12-11-15-3-7-16(22)8-4-15/h3-10,18-19H,2,11-13H2,1H3,(H,23,25)(H,24,26). The van der Waals surface area contributed by atoms with Crippen molar-refractivity contribution < 1.29 is 14.0 Å². The molecule has 2 atom stereocenters. The van der Waals surface area contributed by atoms with Gasteiger partial charge in [-0.3, -0.25) is 9.59 Å². The first kappa shape index (κ1) is 18.1. The predicted octanol–water partition coefficient (Wildman–Crippen LogP) is 3.32. The van der Waals surface area contributed by atoms with E-state index in [0.29, 0.717) is 19.4 Å². The number of nitrogens with one attached hydrogen (secondary N) is 2. The zero-order valence-corrected chi connectivity index (χ0v) is 14.8. The highest BCUT2D eigenvalue weighted by Crippen LogP contribution is 2.39. The van der Waals surface area contributed by atoms with Gasteiger partial charge in [0.1, 0.15) is 5.82 Å². The molecule has 1 aliphatic rings. The topological polar surface area (TPSA) is 58.2 Å². The average molecular weight is 354 g/mol. The van der Waals surface area contributed by atoms with E-state index in [2.05, 4.69) is 17.6 Å². The molecule has 2 aromatic carbocycles. The van der Waals surface area contributed by atoms with Crippen LogP contribution >= 0.6 is 0 Å². The summed E-state index contributed by atoms with van der Waals surface area (Å²) in [5.74, 6) is -0.972. The van der Waals surface area contributed by atoms with Gasteiger partial charge in [0.25, 0.3) is 0 Å². The van der Waals surface area contributed by atoms with Crippen molar-refractivity contribution in [2.75, 3.05) is 11.9 Å². The van der Waals surface area contributed by atoms with Crippen molar-refractivity contribution in [2.45, 2.75) is 26.2 Å². The van der Waals surface area contributed by atoms with Gasteiger partial charge in [0.05, 0.1) is 11.8 Å². The number of anilines is 1. The van der Waals surface area contributed by atoms with Crippen LogP contribution in [-0.2, 0) is 22.4 Å². The molecular formula is C21H23FN2O2. The Balaban J connectivity index is 1.41. The Morgan fingerprint density at radius 1 is 0.962 bits per heavy atom. The van der Waals surface area contributed by atoms with Gasteiger partial charge in [-0.1, -0.05) is 31.2 Å². The molecule has 4 nitrogen and oxygen atoms in total. The van der Waals surface area contributed by atoms with Crippen molar-refractivity contribution in [3.63, 3.8) is 0 Å². The number of benzene rings is 2. The molecule has 2 amide bonds. The van der Waals surface area contributed by atoms with Gasteiger partial charge in [-0.25, -0.2) is 4.39 Å². The SMILES string of the molecule is CCc1ccc(NC(=O)C2CC2C(=O)NCCc2ccc(F)cc2)cc1. The predicted molar refractivity (Wildman–Crippen MR) is 99.2 cm³/mol. The molecule has 26 heavy (non-hydrogen) atoms. The van der Waals surface area contributed by atoms with Crippen LogP contribution in [0.2, 0.25) is 0 Å². The molecule has 2 N–H and O–H groups in total. The minimum absolute atomic E-state index is 0.0893. The maximum atomic E-state index is 12.9. The molecule has 2 aromatic rings. The summed E-state index contributed by atoms with van der Waals surface area (Å²) in [5.41, 5.74) is 2.94. The van der Waals surface area contributed by atoms with Crippen LogP contribution < -0.4 is 10.6 Å². The summed E-state index contributed by atoms with van der Waals surface area (Å²) in [5, 5.41) is 5.73. The van der Waals surface area contributed by atoms with Crippen molar-refractivity contribution in [3.05, 3.63) is 65.5 Å². The smallest absolute Gasteiger partial charge is 0.228 e. The molecule has 0 bridgehead atoms. The quantitative estimate of drug-likeness (QED) is 0.801. The minimum Gasteiger partial charge on any atom is -0.356 e. The number of carbonyl (C=O) groups is 2. The summed E-state index contributed by atoms with van der Waals surface area (Å²) in [6.45, 7) is 2.56. The van der Waals surface area contributed by atoms with E-state index in [0.717, 1.165) is 17.7 Å². The lowest BCUT2D eigenvalue weighted by atomic mass is 10.1. The number of amides is 2. The fourth-order valence-corrected chi connectivity index (χ4v) is 2.95. The first-order valence-electron chi connectivity index (χ1n) is 8.98. The number of rotatable bonds is 7. The van der Waals surface area contributed by atoms with Crippen molar-refractivity contribution in [1.82, 2.24) is 5.32 Å². The van der Waals surface area contributed by atoms with Crippen LogP contribution in [-0.4, -0.2) is 18.4 Å². The van der Waals surface area contributed by atoms with Gasteiger partial charge in [0, 0.05) is 12.2 Å². The maximum Gasteiger partial charge on any atom is 0.228 e. The van der Waals surface area contributed by atoms with Gasteiger partial charge < -0.3 is 10.6 Å². The molecule has 3 rings (SSSR count). The maximum absolute atomic E-state index is 12.9. The van der Waals surface area contributed by atoms with E-state index in [4.69, 9.17) is 0 Å². The number of halogens is 1. The second-order valence-electron chi connectivity index (χ2n) is 6.66. The third-order valence-electron chi connectivity index (χ3n) is 4.72. The van der Waals surface area contributed by atoms with Crippen LogP contribution in [0, 0.1) is 17.7 Å². The molecule has 0 saturated heterocycles. The van der Waals surface area contributed by atoms with Crippen LogP contribution in [0.15, 0.2) is 48.5 Å². The van der Waals surface area contributed by atoms with Crippen molar-refractivity contribution in [1.29, 1.82) is 0 Å². The zero-order chi connectivity index (χ0) is 18.5. The average Bonchev–Trinajstić information content (AvgIpc) is 3.45. The van der Waals surface area contributed by atoms with E-state index >= 15 is 0 Å². The number of hydrogen-bond donors (Lipinski definition) is 2. The van der Waals surface area contributed by atoms with Gasteiger partial charge in [-0.15, -0.1) is 0 Å². The summed E-state index contributed by atoms with van der Waals surface area (Å²) >= 11 is 0. The molecule has 1 saturated carbocycles. The van der Waals surface area contributed by atoms with Crippen molar-refractivity contribution in [3.8, 4) is 0 Å². The van der Waals surface area contributed by atoms with Gasteiger partial charge in [-0.05, 0) is 54.7 Å². The number of aryl methyl sites for hydroxylation is 1. The van der Waals surface area contributed by atoms with Gasteiger partial charge >= 0.3 is 0 Å². The fraction of sp³-hybridized carbons (Fsp3) is 0.333. The van der Waals surface area contributed by atoms with Crippen molar-refractivity contribution in [2.24, 2.45) is 11.8 Å². The molecule has 0 spiro atoms. The molecule has 5 heteroatoms. The summed E-state index contributed by atoms with van der Waals surface area (Å²) in [6, 6.07) is 14.0.